The molecule has 0 fully saturated rings. The largest absolute Gasteiger partial charge is 0.474 e. The Morgan fingerprint density at radius 3 is 1.57 bits per heavy atom. The number of carbonyl (C=O) groups excluding carboxylic acids is 1. The van der Waals surface area contributed by atoms with Crippen molar-refractivity contribution in [3.05, 3.63) is 35.9 Å². The molecule has 0 aromatic heterocycles. The van der Waals surface area contributed by atoms with Crippen LogP contribution in [0.25, 0.3) is 0 Å². The van der Waals surface area contributed by atoms with E-state index in [-0.39, 0.29) is 5.97 Å². The summed E-state index contributed by atoms with van der Waals surface area (Å²) in [5.74, 6) is -0.256. The highest BCUT2D eigenvalue weighted by molar-refractivity contribution is 7.48. The lowest BCUT2D eigenvalue weighted by Crippen LogP contribution is -2.03. The zero-order chi connectivity index (χ0) is 21.1. The lowest BCUT2D eigenvalue weighted by Gasteiger charge is -2.17. The van der Waals surface area contributed by atoms with Crippen LogP contribution in [0.1, 0.15) is 76.6 Å². The minimum atomic E-state index is -3.31. The van der Waals surface area contributed by atoms with Crippen molar-refractivity contribution in [2.45, 2.75) is 66.2 Å². The zero-order valence-corrected chi connectivity index (χ0v) is 18.7. The van der Waals surface area contributed by atoms with E-state index >= 15 is 0 Å². The molecule has 1 aromatic carbocycles. The van der Waals surface area contributed by atoms with Gasteiger partial charge in [-0.25, -0.2) is 9.36 Å². The van der Waals surface area contributed by atoms with E-state index in [0.29, 0.717) is 32.0 Å². The van der Waals surface area contributed by atoms with Crippen LogP contribution in [0.15, 0.2) is 30.3 Å². The van der Waals surface area contributed by atoms with Crippen LogP contribution in [0.2, 0.25) is 0 Å². The van der Waals surface area contributed by atoms with Gasteiger partial charge < -0.3 is 4.74 Å². The van der Waals surface area contributed by atoms with E-state index < -0.39 is 7.82 Å². The van der Waals surface area contributed by atoms with Crippen molar-refractivity contribution >= 4 is 13.8 Å². The van der Waals surface area contributed by atoms with Crippen LogP contribution in [0, 0.1) is 0 Å². The van der Waals surface area contributed by atoms with Crippen molar-refractivity contribution in [2.24, 2.45) is 0 Å². The van der Waals surface area contributed by atoms with Crippen LogP contribution in [-0.2, 0) is 22.9 Å². The summed E-state index contributed by atoms with van der Waals surface area (Å²) in [6.07, 6.45) is 5.63. The summed E-state index contributed by atoms with van der Waals surface area (Å²) >= 11 is 0. The quantitative estimate of drug-likeness (QED) is 0.198. The van der Waals surface area contributed by atoms with Crippen LogP contribution in [0.4, 0.5) is 0 Å². The van der Waals surface area contributed by atoms with Gasteiger partial charge in [0.1, 0.15) is 0 Å². The number of unbranched alkanes of at least 4 members (excludes halogenated alkanes) is 3. The Hall–Kier alpha value is -1.20. The van der Waals surface area contributed by atoms with E-state index in [9.17, 15) is 9.36 Å². The fourth-order valence-corrected chi connectivity index (χ4v) is 3.14. The van der Waals surface area contributed by atoms with Gasteiger partial charge in [-0.3, -0.25) is 13.6 Å². The first-order chi connectivity index (χ1) is 13.5. The molecule has 0 radical (unpaired) electrons. The molecule has 1 rings (SSSR count). The maximum atomic E-state index is 12.2. The van der Waals surface area contributed by atoms with E-state index in [0.717, 1.165) is 38.5 Å². The second-order valence-electron chi connectivity index (χ2n) is 6.09. The van der Waals surface area contributed by atoms with E-state index in [1.807, 2.05) is 18.2 Å². The van der Waals surface area contributed by atoms with Crippen LogP contribution in [0.3, 0.4) is 0 Å². The minimum Gasteiger partial charge on any atom is -0.462 e. The molecule has 6 nitrogen and oxygen atoms in total. The average Bonchev–Trinajstić information content (AvgIpc) is 2.70. The van der Waals surface area contributed by atoms with Crippen LogP contribution in [-0.4, -0.2) is 32.4 Å². The lowest BCUT2D eigenvalue weighted by atomic mass is 10.2. The van der Waals surface area contributed by atoms with E-state index in [1.165, 1.54) is 0 Å². The Labute approximate surface area is 170 Å². The third-order valence-corrected chi connectivity index (χ3v) is 5.02. The topological polar surface area (TPSA) is 71.1 Å². The molecule has 0 amide bonds. The number of esters is 1. The summed E-state index contributed by atoms with van der Waals surface area (Å²) < 4.78 is 32.8. The van der Waals surface area contributed by atoms with Gasteiger partial charge in [-0.05, 0) is 38.3 Å². The van der Waals surface area contributed by atoms with Crippen LogP contribution in [0.5, 0.6) is 0 Å². The van der Waals surface area contributed by atoms with Crippen molar-refractivity contribution in [3.63, 3.8) is 0 Å². The molecular formula is C21H37O6P. The number of carbonyl (C=O) groups is 1. The second-order valence-corrected chi connectivity index (χ2v) is 7.76. The molecule has 0 N–H and O–H groups in total. The van der Waals surface area contributed by atoms with Crippen molar-refractivity contribution < 1.29 is 27.7 Å². The smallest absolute Gasteiger partial charge is 0.462 e. The van der Waals surface area contributed by atoms with Crippen molar-refractivity contribution in [1.82, 2.24) is 0 Å². The molecule has 0 aliphatic rings. The van der Waals surface area contributed by atoms with Crippen molar-refractivity contribution in [2.75, 3.05) is 26.4 Å². The normalized spacial score (nSPS) is 10.9. The molecule has 1 aromatic rings. The van der Waals surface area contributed by atoms with Gasteiger partial charge in [0.15, 0.2) is 0 Å². The number of hydrogen-bond donors (Lipinski definition) is 0. The number of phosphoric acid groups is 1. The first-order valence-corrected chi connectivity index (χ1v) is 11.7. The van der Waals surface area contributed by atoms with E-state index in [4.69, 9.17) is 18.3 Å². The first-order valence-electron chi connectivity index (χ1n) is 10.3. The highest BCUT2D eigenvalue weighted by Crippen LogP contribution is 2.49. The molecule has 0 atom stereocenters. The van der Waals surface area contributed by atoms with Crippen LogP contribution < -0.4 is 0 Å². The molecule has 0 spiro atoms. The zero-order valence-electron chi connectivity index (χ0n) is 17.9. The summed E-state index contributed by atoms with van der Waals surface area (Å²) in [4.78, 5) is 11.0. The fourth-order valence-electron chi connectivity index (χ4n) is 1.86. The van der Waals surface area contributed by atoms with E-state index in [1.54, 1.807) is 19.1 Å². The predicted octanol–water partition coefficient (Wildman–Crippen LogP) is 6.41. The van der Waals surface area contributed by atoms with Crippen molar-refractivity contribution in [3.8, 4) is 0 Å². The molecule has 162 valence electrons. The molecule has 0 saturated carbocycles. The molecule has 0 unspecified atom stereocenters. The molecule has 7 heteroatoms. The Morgan fingerprint density at radius 2 is 1.21 bits per heavy atom. The van der Waals surface area contributed by atoms with Crippen LogP contribution >= 0.6 is 7.82 Å². The number of phosphoric ester groups is 1. The molecule has 0 bridgehead atoms. The first kappa shape index (κ1) is 26.8. The van der Waals surface area contributed by atoms with Gasteiger partial charge in [0, 0.05) is 0 Å². The minimum absolute atomic E-state index is 0.256. The molecule has 0 heterocycles. The highest BCUT2D eigenvalue weighted by atomic mass is 31.2. The standard InChI is InChI=1S/C12H27O4P.C9H10O2/c1-4-7-10-14-17(13,15-11-8-5-2)16-12-9-6-3;1-2-11-9(10)8-6-4-3-5-7-8/h4-12H2,1-3H3;3-7H,2H2,1H3. The number of hydrogen-bond acceptors (Lipinski definition) is 6. The maximum Gasteiger partial charge on any atom is 0.474 e. The number of rotatable bonds is 14. The lowest BCUT2D eigenvalue weighted by molar-refractivity contribution is 0.0526. The SMILES string of the molecule is CCCCOP(=O)(OCCCC)OCCCC.CCOC(=O)c1ccccc1. The Kier molecular flexibility index (Phi) is 17.1. The monoisotopic (exact) mass is 416 g/mol. The summed E-state index contributed by atoms with van der Waals surface area (Å²) in [6, 6.07) is 8.96. The van der Waals surface area contributed by atoms with E-state index in [2.05, 4.69) is 20.8 Å². The maximum absolute atomic E-state index is 12.2. The molecule has 0 saturated heterocycles. The molecule has 0 aliphatic carbocycles. The third kappa shape index (κ3) is 13.9. The number of benzene rings is 1. The predicted molar refractivity (Wildman–Crippen MR) is 113 cm³/mol. The second kappa shape index (κ2) is 17.9. The summed E-state index contributed by atoms with van der Waals surface area (Å²) in [5, 5.41) is 0. The third-order valence-electron chi connectivity index (χ3n) is 3.53. The number of ether oxygens (including phenoxy) is 1. The Morgan fingerprint density at radius 1 is 0.786 bits per heavy atom. The van der Waals surface area contributed by atoms with Crippen molar-refractivity contribution in [1.29, 1.82) is 0 Å². The molecule has 0 aliphatic heterocycles. The Bertz CT molecular complexity index is 502. The van der Waals surface area contributed by atoms with Gasteiger partial charge in [0.2, 0.25) is 0 Å². The average molecular weight is 416 g/mol. The fraction of sp³-hybridized carbons (Fsp3) is 0.667. The van der Waals surface area contributed by atoms with Gasteiger partial charge >= 0.3 is 13.8 Å². The van der Waals surface area contributed by atoms with Gasteiger partial charge in [-0.2, -0.15) is 0 Å². The molecular weight excluding hydrogens is 379 g/mol. The van der Waals surface area contributed by atoms with Gasteiger partial charge in [0.05, 0.1) is 32.0 Å². The Balaban J connectivity index is 0.000000567. The molecule has 28 heavy (non-hydrogen) atoms. The van der Waals surface area contributed by atoms with Gasteiger partial charge in [0.25, 0.3) is 0 Å². The summed E-state index contributed by atoms with van der Waals surface area (Å²) in [6.45, 7) is 9.71. The summed E-state index contributed by atoms with van der Waals surface area (Å²) in [5.41, 5.74) is 0.606. The summed E-state index contributed by atoms with van der Waals surface area (Å²) in [7, 11) is -3.31. The van der Waals surface area contributed by atoms with Gasteiger partial charge in [-0.15, -0.1) is 0 Å². The van der Waals surface area contributed by atoms with Gasteiger partial charge in [-0.1, -0.05) is 58.2 Å². The highest BCUT2D eigenvalue weighted by Gasteiger charge is 2.25.